The lowest BCUT2D eigenvalue weighted by molar-refractivity contribution is 0.568. The van der Waals surface area contributed by atoms with Gasteiger partial charge in [-0.25, -0.2) is 15.0 Å². The van der Waals surface area contributed by atoms with Gasteiger partial charge in [0.15, 0.2) is 17.5 Å². The average molecular weight is 1040 g/mol. The predicted molar refractivity (Wildman–Crippen MR) is 335 cm³/mol. The van der Waals surface area contributed by atoms with Gasteiger partial charge in [-0.2, -0.15) is 5.26 Å². The fourth-order valence-corrected chi connectivity index (χ4v) is 11.4. The van der Waals surface area contributed by atoms with Crippen molar-refractivity contribution in [1.82, 2.24) is 24.1 Å². The van der Waals surface area contributed by atoms with E-state index in [9.17, 15) is 5.26 Å². The highest BCUT2D eigenvalue weighted by molar-refractivity contribution is 6.11. The van der Waals surface area contributed by atoms with Crippen LogP contribution in [0.15, 0.2) is 194 Å². The van der Waals surface area contributed by atoms with E-state index in [4.69, 9.17) is 15.0 Å². The predicted octanol–water partition coefficient (Wildman–Crippen LogP) is 19.5. The maximum absolute atomic E-state index is 10.2. The molecule has 12 rings (SSSR count). The van der Waals surface area contributed by atoms with Gasteiger partial charge in [-0.05, 0) is 146 Å². The van der Waals surface area contributed by atoms with Gasteiger partial charge in [-0.1, -0.05) is 186 Å². The van der Waals surface area contributed by atoms with Crippen molar-refractivity contribution in [3.63, 3.8) is 0 Å². The number of hydrogen-bond acceptors (Lipinski definition) is 4. The first-order chi connectivity index (χ1) is 38.1. The van der Waals surface area contributed by atoms with Gasteiger partial charge in [-0.3, -0.25) is 0 Å². The summed E-state index contributed by atoms with van der Waals surface area (Å²) in [6, 6.07) is 72.5. The van der Waals surface area contributed by atoms with Gasteiger partial charge < -0.3 is 9.13 Å². The average Bonchev–Trinajstić information content (AvgIpc) is 4.15. The minimum absolute atomic E-state index is 0.132. The molecule has 0 saturated heterocycles. The van der Waals surface area contributed by atoms with E-state index in [1.54, 1.807) is 0 Å². The fraction of sp³-hybridized carbons (Fsp3) is 0.216. The van der Waals surface area contributed by atoms with E-state index in [2.05, 4.69) is 274 Å². The SMILES string of the molecule is CC(C)(C)c1cc(-c2nc(-c3cc(C(C)(C)C)cc(C(C)(C)C)c3)nc(-c3ccc(-n4c5ccccc5c5ccccc54)c(-c4cc(-c5cccc(C#N)c5)ccc4-n4c5ccccc5c5ccccc54)c3)n2)cc(C(C)(C)C)c1. The number of para-hydroxylation sites is 4. The third-order valence-electron chi connectivity index (χ3n) is 16.0. The first kappa shape index (κ1) is 51.8. The molecule has 0 N–H and O–H groups in total. The van der Waals surface area contributed by atoms with E-state index >= 15 is 0 Å². The molecule has 0 aliphatic heterocycles. The summed E-state index contributed by atoms with van der Waals surface area (Å²) in [6.07, 6.45) is 0. The van der Waals surface area contributed by atoms with Crippen LogP contribution in [-0.2, 0) is 21.7 Å². The summed E-state index contributed by atoms with van der Waals surface area (Å²) in [4.78, 5) is 16.7. The molecule has 0 aliphatic carbocycles. The Morgan fingerprint density at radius 2 is 0.637 bits per heavy atom. The fourth-order valence-electron chi connectivity index (χ4n) is 11.4. The van der Waals surface area contributed by atoms with Crippen molar-refractivity contribution < 1.29 is 0 Å². The molecule has 3 aromatic heterocycles. The highest BCUT2D eigenvalue weighted by Crippen LogP contribution is 2.45. The van der Waals surface area contributed by atoms with E-state index in [0.717, 1.165) is 72.4 Å². The number of rotatable bonds is 7. The van der Waals surface area contributed by atoms with Crippen molar-refractivity contribution in [2.24, 2.45) is 0 Å². The van der Waals surface area contributed by atoms with Crippen LogP contribution in [-0.4, -0.2) is 24.1 Å². The van der Waals surface area contributed by atoms with Gasteiger partial charge in [0, 0.05) is 49.4 Å². The number of fused-ring (bicyclic) bond motifs is 6. The number of benzene rings is 9. The third kappa shape index (κ3) is 9.35. The lowest BCUT2D eigenvalue weighted by atomic mass is 9.79. The lowest BCUT2D eigenvalue weighted by Gasteiger charge is -2.26. The summed E-state index contributed by atoms with van der Waals surface area (Å²) >= 11 is 0. The lowest BCUT2D eigenvalue weighted by Crippen LogP contribution is -2.17. The van der Waals surface area contributed by atoms with E-state index in [1.807, 2.05) is 18.2 Å². The molecular weight excluding hydrogens is 973 g/mol. The second kappa shape index (κ2) is 19.2. The Balaban J connectivity index is 1.21. The standard InChI is InChI=1S/C74H68N6/c1-71(2,3)52-37-50(38-53(43-52)72(4,5)6)69-76-68(77-70(78-69)51-39-54(73(7,8)9)44-55(40-51)74(10,11)12)49-33-35-67(80-64-30-19-15-26-58(64)59-27-16-20-31-65(59)80)61(42-49)60-41-48(47-23-21-22-46(36-47)45-75)32-34-66(60)79-62-28-17-13-24-56(62)57-25-14-18-29-63(57)79/h13-44H,1-12H3. The van der Waals surface area contributed by atoms with Gasteiger partial charge in [0.2, 0.25) is 0 Å². The Morgan fingerprint density at radius 3 is 1.00 bits per heavy atom. The summed E-state index contributed by atoms with van der Waals surface area (Å²) in [5.41, 5.74) is 18.1. The molecule has 0 atom stereocenters. The monoisotopic (exact) mass is 1040 g/mol. The Morgan fingerprint density at radius 1 is 0.312 bits per heavy atom. The van der Waals surface area contributed by atoms with Crippen LogP contribution in [0.2, 0.25) is 0 Å². The van der Waals surface area contributed by atoms with Gasteiger partial charge in [-0.15, -0.1) is 0 Å². The molecule has 0 radical (unpaired) electrons. The summed E-state index contributed by atoms with van der Waals surface area (Å²) in [5.74, 6) is 1.82. The highest BCUT2D eigenvalue weighted by Gasteiger charge is 2.27. The molecule has 0 spiro atoms. The third-order valence-corrected chi connectivity index (χ3v) is 16.0. The first-order valence-corrected chi connectivity index (χ1v) is 28.0. The molecule has 80 heavy (non-hydrogen) atoms. The van der Waals surface area contributed by atoms with Crippen LogP contribution in [0.5, 0.6) is 0 Å². The van der Waals surface area contributed by atoms with Crippen molar-refractivity contribution in [1.29, 1.82) is 5.26 Å². The van der Waals surface area contributed by atoms with Crippen LogP contribution >= 0.6 is 0 Å². The summed E-state index contributed by atoms with van der Waals surface area (Å²) in [6.45, 7) is 27.3. The van der Waals surface area contributed by atoms with Gasteiger partial charge >= 0.3 is 0 Å². The number of aromatic nitrogens is 5. The topological polar surface area (TPSA) is 72.3 Å². The smallest absolute Gasteiger partial charge is 0.164 e. The molecular formula is C74H68N6. The van der Waals surface area contributed by atoms with Gasteiger partial charge in [0.05, 0.1) is 45.1 Å². The van der Waals surface area contributed by atoms with Crippen LogP contribution in [0.4, 0.5) is 0 Å². The summed E-state index contributed by atoms with van der Waals surface area (Å²) in [7, 11) is 0. The van der Waals surface area contributed by atoms with Gasteiger partial charge in [0.1, 0.15) is 0 Å². The summed E-state index contributed by atoms with van der Waals surface area (Å²) in [5, 5.41) is 14.9. The van der Waals surface area contributed by atoms with Crippen LogP contribution in [0.3, 0.4) is 0 Å². The molecule has 0 fully saturated rings. The number of hydrogen-bond donors (Lipinski definition) is 0. The second-order valence-electron chi connectivity index (χ2n) is 25.8. The molecule has 0 amide bonds. The van der Waals surface area contributed by atoms with Crippen molar-refractivity contribution >= 4 is 43.6 Å². The Bertz CT molecular complexity index is 4210. The molecule has 9 aromatic carbocycles. The van der Waals surface area contributed by atoms with E-state index in [-0.39, 0.29) is 21.7 Å². The molecule has 0 unspecified atom stereocenters. The molecule has 0 saturated carbocycles. The number of nitrogens with zero attached hydrogens (tertiary/aromatic N) is 6. The molecule has 3 heterocycles. The van der Waals surface area contributed by atoms with Crippen LogP contribution in [0.25, 0.3) is 111 Å². The van der Waals surface area contributed by atoms with Crippen molar-refractivity contribution in [3.05, 3.63) is 222 Å². The molecule has 0 aliphatic rings. The zero-order valence-corrected chi connectivity index (χ0v) is 48.2. The van der Waals surface area contributed by atoms with E-state index < -0.39 is 0 Å². The number of nitriles is 1. The molecule has 0 bridgehead atoms. The Hall–Kier alpha value is -8.92. The van der Waals surface area contributed by atoms with Crippen LogP contribution < -0.4 is 0 Å². The molecule has 12 aromatic rings. The molecule has 394 valence electrons. The largest absolute Gasteiger partial charge is 0.309 e. The van der Waals surface area contributed by atoms with E-state index in [0.29, 0.717) is 23.0 Å². The van der Waals surface area contributed by atoms with Crippen LogP contribution in [0, 0.1) is 11.3 Å². The van der Waals surface area contributed by atoms with Gasteiger partial charge in [0.25, 0.3) is 0 Å². The Labute approximate surface area is 471 Å². The molecule has 6 nitrogen and oxygen atoms in total. The van der Waals surface area contributed by atoms with E-state index in [1.165, 1.54) is 43.8 Å². The minimum atomic E-state index is -0.132. The zero-order chi connectivity index (χ0) is 56.0. The first-order valence-electron chi connectivity index (χ1n) is 28.0. The quantitative estimate of drug-likeness (QED) is 0.159. The van der Waals surface area contributed by atoms with Crippen molar-refractivity contribution in [3.8, 4) is 73.9 Å². The zero-order valence-electron chi connectivity index (χ0n) is 48.2. The summed E-state index contributed by atoms with van der Waals surface area (Å²) < 4.78 is 4.84. The maximum Gasteiger partial charge on any atom is 0.164 e. The normalized spacial score (nSPS) is 12.5. The van der Waals surface area contributed by atoms with Crippen molar-refractivity contribution in [2.75, 3.05) is 0 Å². The highest BCUT2D eigenvalue weighted by atomic mass is 15.0. The van der Waals surface area contributed by atoms with Crippen LogP contribution in [0.1, 0.15) is 111 Å². The second-order valence-corrected chi connectivity index (χ2v) is 25.8. The minimum Gasteiger partial charge on any atom is -0.309 e. The molecule has 6 heteroatoms. The maximum atomic E-state index is 10.2. The Kier molecular flexibility index (Phi) is 12.4. The van der Waals surface area contributed by atoms with Crippen molar-refractivity contribution in [2.45, 2.75) is 105 Å².